The number of carboxylic acids is 1. The molecule has 0 bridgehead atoms. The van der Waals surface area contributed by atoms with Gasteiger partial charge in [0.15, 0.2) is 0 Å². The monoisotopic (exact) mass is 293 g/mol. The van der Waals surface area contributed by atoms with Crippen molar-refractivity contribution in [2.24, 2.45) is 5.73 Å². The summed E-state index contributed by atoms with van der Waals surface area (Å²) < 4.78 is 5.38. The number of carbonyl (C=O) groups is 2. The lowest BCUT2D eigenvalue weighted by atomic mass is 9.89. The van der Waals surface area contributed by atoms with E-state index in [1.54, 1.807) is 26.8 Å². The fraction of sp³-hybridized carbons (Fsp3) is 0.500. The quantitative estimate of drug-likeness (QED) is 0.812. The summed E-state index contributed by atoms with van der Waals surface area (Å²) in [6.45, 7) is 7.20. The van der Waals surface area contributed by atoms with Crippen LogP contribution in [0.3, 0.4) is 0 Å². The number of esters is 1. The van der Waals surface area contributed by atoms with Crippen molar-refractivity contribution >= 4 is 11.9 Å². The van der Waals surface area contributed by atoms with Crippen LogP contribution < -0.4 is 5.73 Å². The molecule has 5 nitrogen and oxygen atoms in total. The summed E-state index contributed by atoms with van der Waals surface area (Å²) in [5.41, 5.74) is 6.94. The first-order valence-corrected chi connectivity index (χ1v) is 6.87. The van der Waals surface area contributed by atoms with E-state index in [4.69, 9.17) is 15.6 Å². The molecule has 116 valence electrons. The third kappa shape index (κ3) is 5.55. The fourth-order valence-corrected chi connectivity index (χ4v) is 2.11. The van der Waals surface area contributed by atoms with Crippen LogP contribution in [0.5, 0.6) is 0 Å². The highest BCUT2D eigenvalue weighted by Gasteiger charge is 2.32. The molecule has 0 aliphatic heterocycles. The van der Waals surface area contributed by atoms with Gasteiger partial charge in [-0.1, -0.05) is 29.8 Å². The van der Waals surface area contributed by atoms with Crippen molar-refractivity contribution < 1.29 is 19.4 Å². The Labute approximate surface area is 125 Å². The maximum absolute atomic E-state index is 12.4. The Hall–Kier alpha value is -1.88. The van der Waals surface area contributed by atoms with Crippen LogP contribution in [0.1, 0.15) is 44.2 Å². The van der Waals surface area contributed by atoms with Gasteiger partial charge in [-0.15, -0.1) is 0 Å². The molecule has 0 saturated carbocycles. The van der Waals surface area contributed by atoms with Crippen LogP contribution in [0.15, 0.2) is 24.3 Å². The van der Waals surface area contributed by atoms with Crippen molar-refractivity contribution in [3.8, 4) is 0 Å². The summed E-state index contributed by atoms with van der Waals surface area (Å²) in [5, 5.41) is 8.92. The Bertz CT molecular complexity index is 519. The molecule has 21 heavy (non-hydrogen) atoms. The number of carbonyl (C=O) groups excluding carboxylic acids is 1. The van der Waals surface area contributed by atoms with Gasteiger partial charge in [-0.25, -0.2) is 0 Å². The Morgan fingerprint density at radius 1 is 1.33 bits per heavy atom. The number of aryl methyl sites for hydroxylation is 1. The Kier molecular flexibility index (Phi) is 5.49. The van der Waals surface area contributed by atoms with Gasteiger partial charge in [-0.05, 0) is 33.3 Å². The minimum Gasteiger partial charge on any atom is -0.481 e. The summed E-state index contributed by atoms with van der Waals surface area (Å²) in [4.78, 5) is 23.3. The lowest BCUT2D eigenvalue weighted by Crippen LogP contribution is -2.39. The molecule has 0 aliphatic rings. The van der Waals surface area contributed by atoms with Crippen molar-refractivity contribution in [1.82, 2.24) is 0 Å². The van der Waals surface area contributed by atoms with Crippen LogP contribution in [-0.4, -0.2) is 28.7 Å². The first kappa shape index (κ1) is 17.2. The van der Waals surface area contributed by atoms with Crippen LogP contribution >= 0.6 is 0 Å². The SMILES string of the molecule is Cc1cccc([C@@H](C(=O)OC(C)(C)C)[C@@H](N)CC(=O)O)c1. The van der Waals surface area contributed by atoms with E-state index < -0.39 is 29.5 Å². The molecule has 5 heteroatoms. The zero-order chi connectivity index (χ0) is 16.2. The highest BCUT2D eigenvalue weighted by atomic mass is 16.6. The molecule has 0 aliphatic carbocycles. The standard InChI is InChI=1S/C16H23NO4/c1-10-6-5-7-11(8-10)14(12(17)9-13(18)19)15(20)21-16(2,3)4/h5-8,12,14H,9,17H2,1-4H3,(H,18,19)/t12-,14+/m0/s1. The minimum absolute atomic E-state index is 0.294. The lowest BCUT2D eigenvalue weighted by molar-refractivity contribution is -0.157. The highest BCUT2D eigenvalue weighted by molar-refractivity contribution is 5.81. The van der Waals surface area contributed by atoms with Gasteiger partial charge < -0.3 is 15.6 Å². The Morgan fingerprint density at radius 3 is 2.43 bits per heavy atom. The molecular weight excluding hydrogens is 270 g/mol. The first-order chi connectivity index (χ1) is 9.60. The van der Waals surface area contributed by atoms with Crippen molar-refractivity contribution in [2.75, 3.05) is 0 Å². The van der Waals surface area contributed by atoms with Gasteiger partial charge in [0, 0.05) is 6.04 Å². The normalized spacial score (nSPS) is 14.3. The van der Waals surface area contributed by atoms with Gasteiger partial charge in [-0.2, -0.15) is 0 Å². The van der Waals surface area contributed by atoms with Crippen molar-refractivity contribution in [2.45, 2.75) is 51.7 Å². The van der Waals surface area contributed by atoms with E-state index in [9.17, 15) is 9.59 Å². The molecule has 3 N–H and O–H groups in total. The number of ether oxygens (including phenoxy) is 1. The van der Waals surface area contributed by atoms with Gasteiger partial charge in [-0.3, -0.25) is 9.59 Å². The van der Waals surface area contributed by atoms with Crippen LogP contribution in [0, 0.1) is 6.92 Å². The summed E-state index contributed by atoms with van der Waals surface area (Å²) >= 11 is 0. The smallest absolute Gasteiger partial charge is 0.315 e. The second kappa shape index (κ2) is 6.72. The average molecular weight is 293 g/mol. The number of rotatable bonds is 5. The maximum atomic E-state index is 12.4. The van der Waals surface area contributed by atoms with Crippen molar-refractivity contribution in [3.63, 3.8) is 0 Å². The fourth-order valence-electron chi connectivity index (χ4n) is 2.11. The zero-order valence-corrected chi connectivity index (χ0v) is 12.9. The van der Waals surface area contributed by atoms with E-state index in [1.165, 1.54) is 0 Å². The molecule has 0 amide bonds. The van der Waals surface area contributed by atoms with Gasteiger partial charge in [0.25, 0.3) is 0 Å². The van der Waals surface area contributed by atoms with E-state index in [-0.39, 0.29) is 6.42 Å². The molecule has 0 saturated heterocycles. The number of carboxylic acid groups (broad SMARTS) is 1. The first-order valence-electron chi connectivity index (χ1n) is 6.87. The third-order valence-electron chi connectivity index (χ3n) is 2.90. The van der Waals surface area contributed by atoms with Gasteiger partial charge in [0.1, 0.15) is 5.60 Å². The minimum atomic E-state index is -1.04. The molecule has 2 atom stereocenters. The summed E-state index contributed by atoms with van der Waals surface area (Å²) in [6, 6.07) is 6.48. The predicted octanol–water partition coefficient (Wildman–Crippen LogP) is 2.22. The summed E-state index contributed by atoms with van der Waals surface area (Å²) in [5.74, 6) is -2.33. The number of aliphatic carboxylic acids is 1. The van der Waals surface area contributed by atoms with E-state index in [2.05, 4.69) is 0 Å². The second-order valence-corrected chi connectivity index (χ2v) is 6.19. The molecule has 0 fully saturated rings. The van der Waals surface area contributed by atoms with E-state index in [0.717, 1.165) is 5.56 Å². The molecule has 1 rings (SSSR count). The van der Waals surface area contributed by atoms with Gasteiger partial charge in [0.05, 0.1) is 12.3 Å². The molecule has 0 heterocycles. The largest absolute Gasteiger partial charge is 0.481 e. The van der Waals surface area contributed by atoms with E-state index in [0.29, 0.717) is 5.56 Å². The Morgan fingerprint density at radius 2 is 1.95 bits per heavy atom. The average Bonchev–Trinajstić information content (AvgIpc) is 2.25. The number of nitrogens with two attached hydrogens (primary N) is 1. The van der Waals surface area contributed by atoms with E-state index >= 15 is 0 Å². The van der Waals surface area contributed by atoms with E-state index in [1.807, 2.05) is 25.1 Å². The van der Waals surface area contributed by atoms with Crippen LogP contribution in [0.25, 0.3) is 0 Å². The summed E-state index contributed by atoms with van der Waals surface area (Å²) in [6.07, 6.45) is -0.294. The lowest BCUT2D eigenvalue weighted by Gasteiger charge is -2.27. The predicted molar refractivity (Wildman–Crippen MR) is 80.0 cm³/mol. The molecule has 0 spiro atoms. The molecule has 0 unspecified atom stereocenters. The Balaban J connectivity index is 3.10. The maximum Gasteiger partial charge on any atom is 0.315 e. The number of hydrogen-bond acceptors (Lipinski definition) is 4. The van der Waals surface area contributed by atoms with Gasteiger partial charge in [0.2, 0.25) is 0 Å². The second-order valence-electron chi connectivity index (χ2n) is 6.19. The van der Waals surface area contributed by atoms with Gasteiger partial charge >= 0.3 is 11.9 Å². The van der Waals surface area contributed by atoms with Crippen LogP contribution in [-0.2, 0) is 14.3 Å². The van der Waals surface area contributed by atoms with Crippen molar-refractivity contribution in [1.29, 1.82) is 0 Å². The van der Waals surface area contributed by atoms with Crippen molar-refractivity contribution in [3.05, 3.63) is 35.4 Å². The zero-order valence-electron chi connectivity index (χ0n) is 12.9. The van der Waals surface area contributed by atoms with Crippen LogP contribution in [0.2, 0.25) is 0 Å². The number of benzene rings is 1. The highest BCUT2D eigenvalue weighted by Crippen LogP contribution is 2.25. The third-order valence-corrected chi connectivity index (χ3v) is 2.90. The molecule has 1 aromatic carbocycles. The molecular formula is C16H23NO4. The molecule has 0 aromatic heterocycles. The summed E-state index contributed by atoms with van der Waals surface area (Å²) in [7, 11) is 0. The molecule has 0 radical (unpaired) electrons. The topological polar surface area (TPSA) is 89.6 Å². The molecule has 1 aromatic rings. The van der Waals surface area contributed by atoms with Crippen LogP contribution in [0.4, 0.5) is 0 Å². The number of hydrogen-bond donors (Lipinski definition) is 2.